The average Bonchev–Trinajstić information content (AvgIpc) is 3.47. The lowest BCUT2D eigenvalue weighted by molar-refractivity contribution is -0.118. The second kappa shape index (κ2) is 9.21. The number of oxazole rings is 1. The van der Waals surface area contributed by atoms with Crippen LogP contribution in [0.3, 0.4) is 0 Å². The van der Waals surface area contributed by atoms with Crippen molar-refractivity contribution < 1.29 is 31.8 Å². The summed E-state index contributed by atoms with van der Waals surface area (Å²) in [4.78, 5) is 16.7. The number of carbonyl (C=O) groups is 1. The van der Waals surface area contributed by atoms with Gasteiger partial charge in [-0.05, 0) is 35.9 Å². The first-order valence-electron chi connectivity index (χ1n) is 10.3. The first-order valence-corrected chi connectivity index (χ1v) is 12.7. The number of sulfonamides is 1. The number of morpholine rings is 1. The SMILES string of the molecule is O=C(CSc1nc2cc(S(=O)(=O)N3CCOCC3)ccc2o1)NCc1ccc2c(c1)OCO2. The van der Waals surface area contributed by atoms with Crippen LogP contribution in [0.15, 0.2) is 50.9 Å². The molecule has 10 nitrogen and oxygen atoms in total. The van der Waals surface area contributed by atoms with Crippen molar-refractivity contribution >= 4 is 38.8 Å². The van der Waals surface area contributed by atoms with Crippen molar-refractivity contribution in [3.63, 3.8) is 0 Å². The zero-order valence-corrected chi connectivity index (χ0v) is 19.1. The smallest absolute Gasteiger partial charge is 0.257 e. The minimum absolute atomic E-state index is 0.107. The minimum atomic E-state index is -3.62. The number of hydrogen-bond donors (Lipinski definition) is 1. The van der Waals surface area contributed by atoms with Crippen molar-refractivity contribution in [1.29, 1.82) is 0 Å². The Morgan fingerprint density at radius 2 is 1.91 bits per heavy atom. The molecule has 0 bridgehead atoms. The number of carbonyl (C=O) groups excluding carboxylic acids is 1. The number of hydrogen-bond acceptors (Lipinski definition) is 9. The summed E-state index contributed by atoms with van der Waals surface area (Å²) in [6.45, 7) is 1.95. The summed E-state index contributed by atoms with van der Waals surface area (Å²) < 4.78 is 48.6. The van der Waals surface area contributed by atoms with Crippen molar-refractivity contribution in [3.05, 3.63) is 42.0 Å². The molecule has 1 fully saturated rings. The van der Waals surface area contributed by atoms with E-state index in [2.05, 4.69) is 10.3 Å². The van der Waals surface area contributed by atoms with Crippen LogP contribution < -0.4 is 14.8 Å². The number of rotatable bonds is 7. The van der Waals surface area contributed by atoms with E-state index >= 15 is 0 Å². The predicted octanol–water partition coefficient (Wildman–Crippen LogP) is 1.99. The summed E-state index contributed by atoms with van der Waals surface area (Å²) in [6, 6.07) is 10.1. The van der Waals surface area contributed by atoms with Gasteiger partial charge in [-0.1, -0.05) is 17.8 Å². The number of benzene rings is 2. The topological polar surface area (TPSA) is 120 Å². The van der Waals surface area contributed by atoms with E-state index in [9.17, 15) is 13.2 Å². The highest BCUT2D eigenvalue weighted by Gasteiger charge is 2.27. The van der Waals surface area contributed by atoms with Gasteiger partial charge in [0.2, 0.25) is 22.7 Å². The van der Waals surface area contributed by atoms with Gasteiger partial charge in [0, 0.05) is 19.6 Å². The number of ether oxygens (including phenoxy) is 3. The van der Waals surface area contributed by atoms with E-state index in [0.717, 1.165) is 17.3 Å². The van der Waals surface area contributed by atoms with Gasteiger partial charge in [-0.25, -0.2) is 13.4 Å². The Morgan fingerprint density at radius 3 is 2.76 bits per heavy atom. The van der Waals surface area contributed by atoms with Crippen LogP contribution in [0, 0.1) is 0 Å². The van der Waals surface area contributed by atoms with Crippen LogP contribution in [0.25, 0.3) is 11.1 Å². The molecule has 2 aromatic carbocycles. The van der Waals surface area contributed by atoms with E-state index in [1.807, 2.05) is 18.2 Å². The van der Waals surface area contributed by atoms with Crippen LogP contribution in [-0.4, -0.2) is 62.5 Å². The number of aromatic nitrogens is 1. The number of thioether (sulfide) groups is 1. The molecule has 0 radical (unpaired) electrons. The zero-order valence-electron chi connectivity index (χ0n) is 17.5. The molecule has 3 heterocycles. The molecule has 12 heteroatoms. The van der Waals surface area contributed by atoms with E-state index in [0.29, 0.717) is 60.7 Å². The van der Waals surface area contributed by atoms with Gasteiger partial charge >= 0.3 is 0 Å². The molecule has 33 heavy (non-hydrogen) atoms. The maximum Gasteiger partial charge on any atom is 0.257 e. The standard InChI is InChI=1S/C21H21N3O7S2/c25-20(22-11-14-1-3-18-19(9-14)30-13-29-18)12-32-21-23-16-10-15(2-4-17(16)31-21)33(26,27)24-5-7-28-8-6-24/h1-4,9-10H,5-8,11-13H2,(H,22,25). The average molecular weight is 492 g/mol. The van der Waals surface area contributed by atoms with Gasteiger partial charge < -0.3 is 23.9 Å². The lowest BCUT2D eigenvalue weighted by Crippen LogP contribution is -2.40. The van der Waals surface area contributed by atoms with Crippen molar-refractivity contribution in [3.8, 4) is 11.5 Å². The second-order valence-electron chi connectivity index (χ2n) is 7.38. The molecule has 1 saturated heterocycles. The van der Waals surface area contributed by atoms with Crippen molar-refractivity contribution in [1.82, 2.24) is 14.6 Å². The molecule has 0 aliphatic carbocycles. The quantitative estimate of drug-likeness (QED) is 0.495. The van der Waals surface area contributed by atoms with Crippen molar-refractivity contribution in [2.75, 3.05) is 38.8 Å². The zero-order chi connectivity index (χ0) is 22.8. The van der Waals surface area contributed by atoms with E-state index < -0.39 is 10.0 Å². The second-order valence-corrected chi connectivity index (χ2v) is 10.2. The van der Waals surface area contributed by atoms with Crippen molar-refractivity contribution in [2.24, 2.45) is 0 Å². The molecular weight excluding hydrogens is 470 g/mol. The Labute approximate surface area is 194 Å². The lowest BCUT2D eigenvalue weighted by Gasteiger charge is -2.25. The molecule has 1 N–H and O–H groups in total. The monoisotopic (exact) mass is 491 g/mol. The van der Waals surface area contributed by atoms with Crippen LogP contribution in [0.4, 0.5) is 0 Å². The summed E-state index contributed by atoms with van der Waals surface area (Å²) >= 11 is 1.14. The molecule has 0 saturated carbocycles. The fourth-order valence-corrected chi connectivity index (χ4v) is 5.57. The Morgan fingerprint density at radius 1 is 1.09 bits per heavy atom. The maximum absolute atomic E-state index is 12.8. The van der Waals surface area contributed by atoms with Crippen LogP contribution in [0.2, 0.25) is 0 Å². The van der Waals surface area contributed by atoms with E-state index in [1.54, 1.807) is 6.07 Å². The molecule has 3 aromatic rings. The van der Waals surface area contributed by atoms with Crippen LogP contribution in [0.1, 0.15) is 5.56 Å². The normalized spacial score (nSPS) is 16.2. The first kappa shape index (κ1) is 22.0. The molecule has 5 rings (SSSR count). The highest BCUT2D eigenvalue weighted by molar-refractivity contribution is 7.99. The molecule has 0 unspecified atom stereocenters. The van der Waals surface area contributed by atoms with Crippen LogP contribution in [0.5, 0.6) is 11.5 Å². The number of nitrogens with zero attached hydrogens (tertiary/aromatic N) is 2. The highest BCUT2D eigenvalue weighted by Crippen LogP contribution is 2.32. The van der Waals surface area contributed by atoms with Gasteiger partial charge in [-0.2, -0.15) is 4.31 Å². The molecule has 174 valence electrons. The highest BCUT2D eigenvalue weighted by atomic mass is 32.2. The minimum Gasteiger partial charge on any atom is -0.454 e. The fraction of sp³-hybridized carbons (Fsp3) is 0.333. The Balaban J connectivity index is 1.19. The van der Waals surface area contributed by atoms with Crippen molar-refractivity contribution in [2.45, 2.75) is 16.7 Å². The lowest BCUT2D eigenvalue weighted by atomic mass is 10.2. The van der Waals surface area contributed by atoms with Gasteiger partial charge in [0.05, 0.1) is 23.9 Å². The van der Waals surface area contributed by atoms with E-state index in [4.69, 9.17) is 18.6 Å². The summed E-state index contributed by atoms with van der Waals surface area (Å²) in [6.07, 6.45) is 0. The summed E-state index contributed by atoms with van der Waals surface area (Å²) in [5.74, 6) is 1.28. The number of amides is 1. The summed E-state index contributed by atoms with van der Waals surface area (Å²) in [7, 11) is -3.62. The van der Waals surface area contributed by atoms with Gasteiger partial charge in [0.1, 0.15) is 5.52 Å². The maximum atomic E-state index is 12.8. The van der Waals surface area contributed by atoms with Gasteiger partial charge in [-0.3, -0.25) is 4.79 Å². The molecule has 2 aliphatic heterocycles. The molecule has 2 aliphatic rings. The third-order valence-electron chi connectivity index (χ3n) is 5.20. The number of nitrogens with one attached hydrogen (secondary N) is 1. The first-order chi connectivity index (χ1) is 16.0. The molecule has 0 atom stereocenters. The van der Waals surface area contributed by atoms with E-state index in [1.165, 1.54) is 16.4 Å². The molecule has 1 aromatic heterocycles. The molecule has 0 spiro atoms. The number of fused-ring (bicyclic) bond motifs is 2. The van der Waals surface area contributed by atoms with Gasteiger partial charge in [0.25, 0.3) is 5.22 Å². The Kier molecular flexibility index (Phi) is 6.15. The Bertz CT molecular complexity index is 1290. The third kappa shape index (κ3) is 4.78. The van der Waals surface area contributed by atoms with Crippen LogP contribution >= 0.6 is 11.8 Å². The van der Waals surface area contributed by atoms with Crippen LogP contribution in [-0.2, 0) is 26.1 Å². The summed E-state index contributed by atoms with van der Waals surface area (Å²) in [5, 5.41) is 3.13. The molecular formula is C21H21N3O7S2. The molecule has 1 amide bonds. The predicted molar refractivity (Wildman–Crippen MR) is 119 cm³/mol. The van der Waals surface area contributed by atoms with E-state index in [-0.39, 0.29) is 23.3 Å². The largest absolute Gasteiger partial charge is 0.454 e. The fourth-order valence-electron chi connectivity index (χ4n) is 3.47. The third-order valence-corrected chi connectivity index (χ3v) is 7.92. The van der Waals surface area contributed by atoms with Gasteiger partial charge in [-0.15, -0.1) is 0 Å². The van der Waals surface area contributed by atoms with Gasteiger partial charge in [0.15, 0.2) is 17.1 Å². The summed E-state index contributed by atoms with van der Waals surface area (Å²) in [5.41, 5.74) is 1.78. The Hall–Kier alpha value is -2.80.